The summed E-state index contributed by atoms with van der Waals surface area (Å²) in [5.74, 6) is -1.17. The summed E-state index contributed by atoms with van der Waals surface area (Å²) < 4.78 is 0. The van der Waals surface area contributed by atoms with E-state index < -0.39 is 5.97 Å². The summed E-state index contributed by atoms with van der Waals surface area (Å²) >= 11 is 11.8. The minimum atomic E-state index is -0.780. The molecule has 0 radical (unpaired) electrons. The highest BCUT2D eigenvalue weighted by atomic mass is 35.5. The highest BCUT2D eigenvalue weighted by molar-refractivity contribution is 6.33. The van der Waals surface area contributed by atoms with Crippen molar-refractivity contribution in [2.24, 2.45) is 5.92 Å². The molecule has 0 aliphatic rings. The van der Waals surface area contributed by atoms with E-state index >= 15 is 0 Å². The monoisotopic (exact) mass is 260 g/mol. The molecule has 0 aliphatic heterocycles. The Morgan fingerprint density at radius 2 is 2.12 bits per heavy atom. The number of carboxylic acids is 1. The third kappa shape index (κ3) is 3.69. The minimum Gasteiger partial charge on any atom is -0.481 e. The largest absolute Gasteiger partial charge is 0.481 e. The minimum absolute atomic E-state index is 0.388. The van der Waals surface area contributed by atoms with E-state index in [1.807, 2.05) is 6.92 Å². The van der Waals surface area contributed by atoms with Crippen molar-refractivity contribution in [1.82, 2.24) is 0 Å². The van der Waals surface area contributed by atoms with E-state index in [0.717, 1.165) is 12.0 Å². The molecule has 0 spiro atoms. The molecule has 0 aromatic heterocycles. The van der Waals surface area contributed by atoms with Gasteiger partial charge in [0.1, 0.15) is 0 Å². The fourth-order valence-electron chi connectivity index (χ4n) is 1.63. The van der Waals surface area contributed by atoms with E-state index in [1.165, 1.54) is 0 Å². The maximum Gasteiger partial charge on any atom is 0.306 e. The first-order chi connectivity index (χ1) is 7.54. The van der Waals surface area contributed by atoms with Crippen molar-refractivity contribution in [2.45, 2.75) is 26.2 Å². The molecule has 16 heavy (non-hydrogen) atoms. The maximum atomic E-state index is 11.0. The van der Waals surface area contributed by atoms with Gasteiger partial charge in [0, 0.05) is 10.0 Å². The number of hydrogen-bond donors (Lipinski definition) is 1. The van der Waals surface area contributed by atoms with E-state index in [1.54, 1.807) is 18.2 Å². The first-order valence-electron chi connectivity index (χ1n) is 5.21. The molecule has 1 aromatic carbocycles. The van der Waals surface area contributed by atoms with Gasteiger partial charge in [0.2, 0.25) is 0 Å². The lowest BCUT2D eigenvalue weighted by Gasteiger charge is -2.12. The van der Waals surface area contributed by atoms with Crippen molar-refractivity contribution in [1.29, 1.82) is 0 Å². The molecule has 0 bridgehead atoms. The van der Waals surface area contributed by atoms with Gasteiger partial charge in [0.25, 0.3) is 0 Å². The number of carbonyl (C=O) groups is 1. The Labute approximate surface area is 105 Å². The first kappa shape index (κ1) is 13.3. The van der Waals surface area contributed by atoms with Gasteiger partial charge in [0.05, 0.1) is 5.92 Å². The van der Waals surface area contributed by atoms with Crippen LogP contribution in [0.1, 0.15) is 25.3 Å². The summed E-state index contributed by atoms with van der Waals surface area (Å²) in [6.07, 6.45) is 1.93. The second-order valence-corrected chi connectivity index (χ2v) is 4.61. The average molecular weight is 261 g/mol. The number of halogens is 2. The standard InChI is InChI=1S/C12H14Cl2O2/c1-2-3-8(12(15)16)6-9-7-10(13)4-5-11(9)14/h4-5,7-8H,2-3,6H2,1H3,(H,15,16). The third-order valence-electron chi connectivity index (χ3n) is 2.46. The van der Waals surface area contributed by atoms with Crippen molar-refractivity contribution in [3.05, 3.63) is 33.8 Å². The fourth-order valence-corrected chi connectivity index (χ4v) is 2.02. The van der Waals surface area contributed by atoms with E-state index in [2.05, 4.69) is 0 Å². The zero-order chi connectivity index (χ0) is 12.1. The van der Waals surface area contributed by atoms with Gasteiger partial charge in [-0.05, 0) is 36.6 Å². The SMILES string of the molecule is CCCC(Cc1cc(Cl)ccc1Cl)C(=O)O. The van der Waals surface area contributed by atoms with Crippen LogP contribution in [0.2, 0.25) is 10.0 Å². The predicted octanol–water partition coefficient (Wildman–Crippen LogP) is 4.04. The van der Waals surface area contributed by atoms with Crippen molar-refractivity contribution >= 4 is 29.2 Å². The lowest BCUT2D eigenvalue weighted by atomic mass is 9.95. The summed E-state index contributed by atoms with van der Waals surface area (Å²) in [5, 5.41) is 10.2. The number of carboxylic acid groups (broad SMARTS) is 1. The molecule has 0 aliphatic carbocycles. The van der Waals surface area contributed by atoms with E-state index in [4.69, 9.17) is 28.3 Å². The molecular weight excluding hydrogens is 247 g/mol. The van der Waals surface area contributed by atoms with Crippen LogP contribution in [0.3, 0.4) is 0 Å². The zero-order valence-corrected chi connectivity index (χ0v) is 10.6. The smallest absolute Gasteiger partial charge is 0.306 e. The van der Waals surface area contributed by atoms with Gasteiger partial charge in [-0.3, -0.25) is 4.79 Å². The molecule has 4 heteroatoms. The Bertz CT molecular complexity index is 377. The van der Waals surface area contributed by atoms with Crippen LogP contribution in [-0.4, -0.2) is 11.1 Å². The van der Waals surface area contributed by atoms with Crippen LogP contribution in [0.5, 0.6) is 0 Å². The first-order valence-corrected chi connectivity index (χ1v) is 5.97. The molecule has 1 N–H and O–H groups in total. The lowest BCUT2D eigenvalue weighted by molar-refractivity contribution is -0.141. The molecule has 88 valence electrons. The summed E-state index contributed by atoms with van der Waals surface area (Å²) in [6.45, 7) is 1.97. The van der Waals surface area contributed by atoms with Gasteiger partial charge >= 0.3 is 5.97 Å². The van der Waals surface area contributed by atoms with Gasteiger partial charge < -0.3 is 5.11 Å². The van der Waals surface area contributed by atoms with Gasteiger partial charge in [-0.15, -0.1) is 0 Å². The van der Waals surface area contributed by atoms with Crippen LogP contribution < -0.4 is 0 Å². The maximum absolute atomic E-state index is 11.0. The van der Waals surface area contributed by atoms with Crippen LogP contribution in [0.15, 0.2) is 18.2 Å². The number of benzene rings is 1. The molecule has 0 fully saturated rings. The van der Waals surface area contributed by atoms with Gasteiger partial charge in [-0.25, -0.2) is 0 Å². The van der Waals surface area contributed by atoms with Gasteiger partial charge in [0.15, 0.2) is 0 Å². The second-order valence-electron chi connectivity index (χ2n) is 3.76. The number of aliphatic carboxylic acids is 1. The van der Waals surface area contributed by atoms with Crippen molar-refractivity contribution in [3.63, 3.8) is 0 Å². The van der Waals surface area contributed by atoms with Crippen molar-refractivity contribution < 1.29 is 9.90 Å². The highest BCUT2D eigenvalue weighted by Gasteiger charge is 2.18. The normalized spacial score (nSPS) is 12.4. The second kappa shape index (κ2) is 6.12. The molecule has 1 rings (SSSR count). The highest BCUT2D eigenvalue weighted by Crippen LogP contribution is 2.24. The predicted molar refractivity (Wildman–Crippen MR) is 66.2 cm³/mol. The van der Waals surface area contributed by atoms with E-state index in [-0.39, 0.29) is 5.92 Å². The van der Waals surface area contributed by atoms with Crippen molar-refractivity contribution in [3.8, 4) is 0 Å². The Balaban J connectivity index is 2.84. The fraction of sp³-hybridized carbons (Fsp3) is 0.417. The number of hydrogen-bond acceptors (Lipinski definition) is 1. The summed E-state index contributed by atoms with van der Waals surface area (Å²) in [4.78, 5) is 11.0. The Kier molecular flexibility index (Phi) is 5.10. The number of rotatable bonds is 5. The molecule has 2 nitrogen and oxygen atoms in total. The quantitative estimate of drug-likeness (QED) is 0.868. The summed E-state index contributed by atoms with van der Waals surface area (Å²) in [6, 6.07) is 5.13. The van der Waals surface area contributed by atoms with Crippen LogP contribution >= 0.6 is 23.2 Å². The van der Waals surface area contributed by atoms with Crippen LogP contribution in [0.25, 0.3) is 0 Å². The van der Waals surface area contributed by atoms with Gasteiger partial charge in [-0.1, -0.05) is 36.5 Å². The third-order valence-corrected chi connectivity index (χ3v) is 3.06. The molecule has 0 saturated carbocycles. The van der Waals surface area contributed by atoms with Crippen LogP contribution in [-0.2, 0) is 11.2 Å². The zero-order valence-electron chi connectivity index (χ0n) is 9.04. The molecule has 0 heterocycles. The van der Waals surface area contributed by atoms with Crippen molar-refractivity contribution in [2.75, 3.05) is 0 Å². The van der Waals surface area contributed by atoms with Crippen LogP contribution in [0, 0.1) is 5.92 Å². The Morgan fingerprint density at radius 1 is 1.44 bits per heavy atom. The van der Waals surface area contributed by atoms with Gasteiger partial charge in [-0.2, -0.15) is 0 Å². The van der Waals surface area contributed by atoms with E-state index in [0.29, 0.717) is 22.9 Å². The molecule has 1 unspecified atom stereocenters. The molecular formula is C12H14Cl2O2. The lowest BCUT2D eigenvalue weighted by Crippen LogP contribution is -2.16. The summed E-state index contributed by atoms with van der Waals surface area (Å²) in [5.41, 5.74) is 0.801. The molecule has 1 atom stereocenters. The summed E-state index contributed by atoms with van der Waals surface area (Å²) in [7, 11) is 0. The molecule has 0 amide bonds. The van der Waals surface area contributed by atoms with Crippen LogP contribution in [0.4, 0.5) is 0 Å². The van der Waals surface area contributed by atoms with E-state index in [9.17, 15) is 4.79 Å². The average Bonchev–Trinajstić information content (AvgIpc) is 2.22. The molecule has 0 saturated heterocycles. The topological polar surface area (TPSA) is 37.3 Å². The molecule has 1 aromatic rings. The Morgan fingerprint density at radius 3 is 2.69 bits per heavy atom. The Hall–Kier alpha value is -0.730.